The zero-order chi connectivity index (χ0) is 24.9. The van der Waals surface area contributed by atoms with E-state index in [0.29, 0.717) is 48.9 Å². The van der Waals surface area contributed by atoms with E-state index in [4.69, 9.17) is 14.2 Å². The Hall–Kier alpha value is -3.26. The van der Waals surface area contributed by atoms with Gasteiger partial charge in [-0.25, -0.2) is 0 Å². The molecule has 188 valence electrons. The van der Waals surface area contributed by atoms with Crippen molar-refractivity contribution in [2.24, 2.45) is 0 Å². The van der Waals surface area contributed by atoms with Crippen LogP contribution in [0.5, 0.6) is 17.2 Å². The van der Waals surface area contributed by atoms with Crippen LogP contribution in [0.1, 0.15) is 42.1 Å². The predicted octanol–water partition coefficient (Wildman–Crippen LogP) is 3.33. The first-order chi connectivity index (χ1) is 16.9. The van der Waals surface area contributed by atoms with E-state index in [1.165, 1.54) is 0 Å². The van der Waals surface area contributed by atoms with Crippen LogP contribution >= 0.6 is 0 Å². The molecule has 8 heteroatoms. The van der Waals surface area contributed by atoms with Gasteiger partial charge in [-0.2, -0.15) is 0 Å². The smallest absolute Gasteiger partial charge is 0.255 e. The number of piperidine rings is 1. The van der Waals surface area contributed by atoms with E-state index in [2.05, 4.69) is 17.3 Å². The number of carbonyl (C=O) groups is 2. The molecule has 2 aliphatic heterocycles. The minimum atomic E-state index is -0.159. The summed E-state index contributed by atoms with van der Waals surface area (Å²) < 4.78 is 17.0. The molecule has 0 unspecified atom stereocenters. The van der Waals surface area contributed by atoms with Crippen LogP contribution in [0.25, 0.3) is 11.1 Å². The Balaban J connectivity index is 1.77. The fourth-order valence-electron chi connectivity index (χ4n) is 4.81. The molecule has 0 bridgehead atoms. The molecule has 2 amide bonds. The maximum absolute atomic E-state index is 13.6. The van der Waals surface area contributed by atoms with Gasteiger partial charge in [-0.3, -0.25) is 9.59 Å². The van der Waals surface area contributed by atoms with Gasteiger partial charge in [-0.15, -0.1) is 0 Å². The van der Waals surface area contributed by atoms with Crippen LogP contribution in [0.2, 0.25) is 0 Å². The topological polar surface area (TPSA) is 80.3 Å². The third-order valence-corrected chi connectivity index (χ3v) is 6.68. The highest BCUT2D eigenvalue weighted by Gasteiger charge is 2.27. The Morgan fingerprint density at radius 2 is 1.77 bits per heavy atom. The number of rotatable bonds is 6. The molecule has 2 aromatic carbocycles. The zero-order valence-corrected chi connectivity index (χ0v) is 21.1. The van der Waals surface area contributed by atoms with Gasteiger partial charge in [0.25, 0.3) is 5.91 Å². The van der Waals surface area contributed by atoms with Gasteiger partial charge in [-0.1, -0.05) is 6.92 Å². The second kappa shape index (κ2) is 11.0. The Morgan fingerprint density at radius 3 is 2.43 bits per heavy atom. The van der Waals surface area contributed by atoms with Gasteiger partial charge in [0.2, 0.25) is 5.91 Å². The molecule has 0 radical (unpaired) electrons. The third kappa shape index (κ3) is 5.70. The lowest BCUT2D eigenvalue weighted by molar-refractivity contribution is -0.131. The maximum Gasteiger partial charge on any atom is 0.255 e. The van der Waals surface area contributed by atoms with Crippen molar-refractivity contribution in [1.82, 2.24) is 15.1 Å². The van der Waals surface area contributed by atoms with Crippen molar-refractivity contribution in [2.45, 2.75) is 38.8 Å². The summed E-state index contributed by atoms with van der Waals surface area (Å²) in [5.74, 6) is 1.77. The number of amides is 2. The number of nitrogens with zero attached hydrogens (tertiary/aromatic N) is 2. The molecular formula is C27H35N3O5. The normalized spacial score (nSPS) is 18.2. The summed E-state index contributed by atoms with van der Waals surface area (Å²) in [6.07, 6.45) is 2.42. The molecule has 0 saturated carbocycles. The van der Waals surface area contributed by atoms with E-state index in [0.717, 1.165) is 42.6 Å². The second-order valence-corrected chi connectivity index (χ2v) is 9.21. The summed E-state index contributed by atoms with van der Waals surface area (Å²) in [6.45, 7) is 4.94. The fourth-order valence-corrected chi connectivity index (χ4v) is 4.81. The van der Waals surface area contributed by atoms with Gasteiger partial charge in [0, 0.05) is 37.2 Å². The van der Waals surface area contributed by atoms with Crippen molar-refractivity contribution in [2.75, 3.05) is 47.5 Å². The molecular weight excluding hydrogens is 446 g/mol. The average Bonchev–Trinajstić information content (AvgIpc) is 3.09. The van der Waals surface area contributed by atoms with Crippen molar-refractivity contribution >= 4 is 11.8 Å². The van der Waals surface area contributed by atoms with Gasteiger partial charge >= 0.3 is 0 Å². The van der Waals surface area contributed by atoms with E-state index in [-0.39, 0.29) is 17.9 Å². The SMILES string of the molecule is CCC(=O)N1CCOc2c(cc(-c3cc(OC)cc(OC)c3)cc2C(=O)N[C@H]2CCCN(C)C2)C1. The lowest BCUT2D eigenvalue weighted by Crippen LogP contribution is -2.46. The number of methoxy groups -OCH3 is 2. The molecule has 4 rings (SSSR count). The number of hydrogen-bond donors (Lipinski definition) is 1. The van der Waals surface area contributed by atoms with Gasteiger partial charge in [0.1, 0.15) is 23.9 Å². The number of likely N-dealkylation sites (tertiary alicyclic amines) is 1. The minimum Gasteiger partial charge on any atom is -0.497 e. The molecule has 1 fully saturated rings. The molecule has 0 spiro atoms. The summed E-state index contributed by atoms with van der Waals surface area (Å²) in [5.41, 5.74) is 2.99. The number of ether oxygens (including phenoxy) is 3. The molecule has 1 N–H and O–H groups in total. The van der Waals surface area contributed by atoms with E-state index in [9.17, 15) is 9.59 Å². The van der Waals surface area contributed by atoms with Crippen molar-refractivity contribution in [3.8, 4) is 28.4 Å². The third-order valence-electron chi connectivity index (χ3n) is 6.68. The second-order valence-electron chi connectivity index (χ2n) is 9.21. The van der Waals surface area contributed by atoms with Gasteiger partial charge in [-0.05, 0) is 61.8 Å². The summed E-state index contributed by atoms with van der Waals surface area (Å²) in [6, 6.07) is 9.58. The molecule has 1 saturated heterocycles. The number of nitrogens with one attached hydrogen (secondary N) is 1. The molecule has 0 aromatic heterocycles. The highest BCUT2D eigenvalue weighted by atomic mass is 16.5. The molecule has 1 atom stereocenters. The first-order valence-corrected chi connectivity index (χ1v) is 12.2. The quantitative estimate of drug-likeness (QED) is 0.682. The van der Waals surface area contributed by atoms with Gasteiger partial charge in [0.15, 0.2) is 0 Å². The Morgan fingerprint density at radius 1 is 1.06 bits per heavy atom. The van der Waals surface area contributed by atoms with Crippen LogP contribution in [0.4, 0.5) is 0 Å². The summed E-state index contributed by atoms with van der Waals surface area (Å²) in [5, 5.41) is 3.21. The molecule has 2 aromatic rings. The number of carbonyl (C=O) groups excluding carboxylic acids is 2. The molecule has 2 heterocycles. The lowest BCUT2D eigenvalue weighted by atomic mass is 9.96. The summed E-state index contributed by atoms with van der Waals surface area (Å²) in [7, 11) is 5.29. The first-order valence-electron chi connectivity index (χ1n) is 12.2. The standard InChI is InChI=1S/C27H35N3O5/c1-5-25(31)30-9-10-35-26-20(16-30)11-18(19-12-22(33-3)15-23(13-19)34-4)14-24(26)27(32)28-21-7-6-8-29(2)17-21/h11-15,21H,5-10,16-17H2,1-4H3,(H,28,32)/t21-/m0/s1. The monoisotopic (exact) mass is 481 g/mol. The summed E-state index contributed by atoms with van der Waals surface area (Å²) in [4.78, 5) is 30.1. The van der Waals surface area contributed by atoms with Crippen LogP contribution < -0.4 is 19.5 Å². The van der Waals surface area contributed by atoms with Crippen molar-refractivity contribution < 1.29 is 23.8 Å². The van der Waals surface area contributed by atoms with Gasteiger partial charge in [0.05, 0.1) is 26.3 Å². The lowest BCUT2D eigenvalue weighted by Gasteiger charge is -2.30. The Labute approximate surface area is 207 Å². The van der Waals surface area contributed by atoms with Crippen molar-refractivity contribution in [3.05, 3.63) is 41.5 Å². The molecule has 0 aliphatic carbocycles. The van der Waals surface area contributed by atoms with Gasteiger partial charge < -0.3 is 29.3 Å². The van der Waals surface area contributed by atoms with E-state index in [1.807, 2.05) is 37.3 Å². The zero-order valence-electron chi connectivity index (χ0n) is 21.1. The van der Waals surface area contributed by atoms with Crippen molar-refractivity contribution in [3.63, 3.8) is 0 Å². The molecule has 2 aliphatic rings. The first kappa shape index (κ1) is 24.9. The predicted molar refractivity (Wildman–Crippen MR) is 134 cm³/mol. The Bertz CT molecular complexity index is 1060. The summed E-state index contributed by atoms with van der Waals surface area (Å²) >= 11 is 0. The van der Waals surface area contributed by atoms with E-state index >= 15 is 0 Å². The largest absolute Gasteiger partial charge is 0.497 e. The number of likely N-dealkylation sites (N-methyl/N-ethyl adjacent to an activating group) is 1. The molecule has 35 heavy (non-hydrogen) atoms. The van der Waals surface area contributed by atoms with Crippen LogP contribution in [-0.2, 0) is 11.3 Å². The highest BCUT2D eigenvalue weighted by Crippen LogP contribution is 2.36. The minimum absolute atomic E-state index is 0.0612. The molecule has 8 nitrogen and oxygen atoms in total. The van der Waals surface area contributed by atoms with Crippen LogP contribution in [-0.4, -0.2) is 75.2 Å². The number of hydrogen-bond acceptors (Lipinski definition) is 6. The van der Waals surface area contributed by atoms with Crippen LogP contribution in [0.15, 0.2) is 30.3 Å². The Kier molecular flexibility index (Phi) is 7.80. The maximum atomic E-state index is 13.6. The number of fused-ring (bicyclic) bond motifs is 1. The average molecular weight is 482 g/mol. The van der Waals surface area contributed by atoms with Crippen LogP contribution in [0.3, 0.4) is 0 Å². The van der Waals surface area contributed by atoms with E-state index in [1.54, 1.807) is 19.1 Å². The fraction of sp³-hybridized carbons (Fsp3) is 0.481. The highest BCUT2D eigenvalue weighted by molar-refractivity contribution is 5.99. The number of benzene rings is 2. The van der Waals surface area contributed by atoms with Crippen molar-refractivity contribution in [1.29, 1.82) is 0 Å². The van der Waals surface area contributed by atoms with E-state index < -0.39 is 0 Å². The van der Waals surface area contributed by atoms with Crippen LogP contribution in [0, 0.1) is 0 Å².